The number of hydrogen-bond donors (Lipinski definition) is 1. The van der Waals surface area contributed by atoms with E-state index < -0.39 is 5.97 Å². The molecule has 118 valence electrons. The van der Waals surface area contributed by atoms with Crippen LogP contribution in [0.5, 0.6) is 5.75 Å². The lowest BCUT2D eigenvalue weighted by molar-refractivity contribution is 0.0600. The van der Waals surface area contributed by atoms with Crippen LogP contribution in [0.1, 0.15) is 39.6 Å². The molecule has 3 rings (SSSR count). The van der Waals surface area contributed by atoms with Crippen LogP contribution in [0, 0.1) is 5.92 Å². The fraction of sp³-hybridized carbons (Fsp3) is 0.263. The molecular weight excluding hydrogens is 292 g/mol. The Balaban J connectivity index is 1.89. The molecular formula is C19H18O4. The van der Waals surface area contributed by atoms with Crippen molar-refractivity contribution in [1.82, 2.24) is 0 Å². The Bertz CT molecular complexity index is 766. The molecule has 23 heavy (non-hydrogen) atoms. The van der Waals surface area contributed by atoms with Crippen LogP contribution in [0.4, 0.5) is 0 Å². The Morgan fingerprint density at radius 3 is 2.52 bits per heavy atom. The van der Waals surface area contributed by atoms with Crippen molar-refractivity contribution in [3.05, 3.63) is 65.2 Å². The zero-order valence-electron chi connectivity index (χ0n) is 13.1. The Hall–Kier alpha value is -2.62. The van der Waals surface area contributed by atoms with E-state index in [4.69, 9.17) is 0 Å². The largest absolute Gasteiger partial charge is 0.507 e. The van der Waals surface area contributed by atoms with Gasteiger partial charge in [0.15, 0.2) is 5.78 Å². The zero-order chi connectivity index (χ0) is 16.6. The van der Waals surface area contributed by atoms with Crippen molar-refractivity contribution >= 4 is 11.8 Å². The molecule has 1 N–H and O–H groups in total. The summed E-state index contributed by atoms with van der Waals surface area (Å²) in [6.07, 6.45) is 0.734. The van der Waals surface area contributed by atoms with Gasteiger partial charge in [-0.15, -0.1) is 0 Å². The van der Waals surface area contributed by atoms with Crippen LogP contribution in [-0.2, 0) is 10.2 Å². The summed E-state index contributed by atoms with van der Waals surface area (Å²) in [5.41, 5.74) is 1.33. The molecule has 4 heteroatoms. The average molecular weight is 310 g/mol. The smallest absolute Gasteiger partial charge is 0.337 e. The number of carbonyl (C=O) groups excluding carboxylic acids is 2. The monoisotopic (exact) mass is 310 g/mol. The molecule has 0 spiro atoms. The first-order valence-electron chi connectivity index (χ1n) is 7.48. The average Bonchev–Trinajstić information content (AvgIpc) is 3.28. The minimum Gasteiger partial charge on any atom is -0.507 e. The van der Waals surface area contributed by atoms with Gasteiger partial charge in [0, 0.05) is 11.3 Å². The molecule has 1 aliphatic rings. The summed E-state index contributed by atoms with van der Waals surface area (Å²) in [5, 5.41) is 10.0. The number of aromatic hydroxyl groups is 1. The van der Waals surface area contributed by atoms with Gasteiger partial charge >= 0.3 is 5.97 Å². The van der Waals surface area contributed by atoms with E-state index >= 15 is 0 Å². The number of phenolic OH excluding ortho intramolecular Hbond substituents is 1. The standard InChI is InChI=1S/C19H18O4/c1-19(13-6-4-3-5-7-13)11-15(19)17(21)14-10-12(18(22)23-2)8-9-16(14)20/h3-10,15,20H,11H2,1-2H3/t15-,19-/m1/s1. The minimum absolute atomic E-state index is 0.107. The van der Waals surface area contributed by atoms with Gasteiger partial charge in [0.1, 0.15) is 5.75 Å². The number of esters is 1. The van der Waals surface area contributed by atoms with Crippen LogP contribution in [-0.4, -0.2) is 24.0 Å². The van der Waals surface area contributed by atoms with Gasteiger partial charge in [-0.1, -0.05) is 37.3 Å². The van der Waals surface area contributed by atoms with E-state index in [0.717, 1.165) is 12.0 Å². The highest BCUT2D eigenvalue weighted by Crippen LogP contribution is 2.55. The summed E-state index contributed by atoms with van der Waals surface area (Å²) in [6.45, 7) is 2.05. The van der Waals surface area contributed by atoms with Crippen LogP contribution in [0.15, 0.2) is 48.5 Å². The molecule has 0 saturated heterocycles. The van der Waals surface area contributed by atoms with Crippen LogP contribution in [0.25, 0.3) is 0 Å². The number of hydrogen-bond acceptors (Lipinski definition) is 4. The summed E-state index contributed by atoms with van der Waals surface area (Å²) >= 11 is 0. The summed E-state index contributed by atoms with van der Waals surface area (Å²) in [5.74, 6) is -0.964. The third-order valence-corrected chi connectivity index (χ3v) is 4.67. The van der Waals surface area contributed by atoms with Gasteiger partial charge in [0.2, 0.25) is 0 Å². The van der Waals surface area contributed by atoms with E-state index in [0.29, 0.717) is 0 Å². The zero-order valence-corrected chi connectivity index (χ0v) is 13.1. The van der Waals surface area contributed by atoms with Gasteiger partial charge in [-0.25, -0.2) is 4.79 Å². The SMILES string of the molecule is COC(=O)c1ccc(O)c(C(=O)[C@H]2C[C@]2(C)c2ccccc2)c1. The first-order valence-corrected chi connectivity index (χ1v) is 7.48. The Morgan fingerprint density at radius 1 is 1.17 bits per heavy atom. The lowest BCUT2D eigenvalue weighted by atomic mass is 9.92. The van der Waals surface area contributed by atoms with Gasteiger partial charge in [0.05, 0.1) is 18.2 Å². The molecule has 4 nitrogen and oxygen atoms in total. The summed E-state index contributed by atoms with van der Waals surface area (Å²) in [7, 11) is 1.28. The van der Waals surface area contributed by atoms with Crippen molar-refractivity contribution in [2.24, 2.45) is 5.92 Å². The molecule has 2 aromatic rings. The molecule has 2 atom stereocenters. The molecule has 0 bridgehead atoms. The number of rotatable bonds is 4. The summed E-state index contributed by atoms with van der Waals surface area (Å²) < 4.78 is 4.67. The van der Waals surface area contributed by atoms with Gasteiger partial charge in [-0.05, 0) is 30.2 Å². The van der Waals surface area contributed by atoms with Gasteiger partial charge < -0.3 is 9.84 Å². The Kier molecular flexibility index (Phi) is 3.68. The second kappa shape index (κ2) is 5.54. The molecule has 2 aromatic carbocycles. The number of methoxy groups -OCH3 is 1. The number of benzene rings is 2. The number of ether oxygens (including phenoxy) is 1. The molecule has 0 amide bonds. The number of carbonyl (C=O) groups is 2. The van der Waals surface area contributed by atoms with Crippen molar-refractivity contribution in [2.45, 2.75) is 18.8 Å². The van der Waals surface area contributed by atoms with E-state index in [1.165, 1.54) is 25.3 Å². The lowest BCUT2D eigenvalue weighted by Gasteiger charge is -2.12. The third-order valence-electron chi connectivity index (χ3n) is 4.67. The normalized spacial score (nSPS) is 22.4. The fourth-order valence-electron chi connectivity index (χ4n) is 3.05. The highest BCUT2D eigenvalue weighted by molar-refractivity contribution is 6.05. The van der Waals surface area contributed by atoms with Crippen LogP contribution >= 0.6 is 0 Å². The first-order chi connectivity index (χ1) is 11.0. The van der Waals surface area contributed by atoms with E-state index in [-0.39, 0.29) is 34.0 Å². The Labute approximate surface area is 134 Å². The molecule has 1 aliphatic carbocycles. The van der Waals surface area contributed by atoms with Gasteiger partial charge in [0.25, 0.3) is 0 Å². The van der Waals surface area contributed by atoms with Crippen molar-refractivity contribution in [3.63, 3.8) is 0 Å². The van der Waals surface area contributed by atoms with Crippen molar-refractivity contribution < 1.29 is 19.4 Å². The lowest BCUT2D eigenvalue weighted by Crippen LogP contribution is -2.13. The maximum Gasteiger partial charge on any atom is 0.337 e. The quantitative estimate of drug-likeness (QED) is 0.695. The predicted molar refractivity (Wildman–Crippen MR) is 85.7 cm³/mol. The van der Waals surface area contributed by atoms with E-state index in [1.54, 1.807) is 0 Å². The molecule has 0 radical (unpaired) electrons. The second-order valence-electron chi connectivity index (χ2n) is 6.13. The fourth-order valence-corrected chi connectivity index (χ4v) is 3.05. The molecule has 0 unspecified atom stereocenters. The minimum atomic E-state index is -0.527. The van der Waals surface area contributed by atoms with Crippen molar-refractivity contribution in [3.8, 4) is 5.75 Å². The number of Topliss-reactive ketones (excluding diaryl/α,β-unsaturated/α-hetero) is 1. The first kappa shape index (κ1) is 15.3. The van der Waals surface area contributed by atoms with Crippen molar-refractivity contribution in [2.75, 3.05) is 7.11 Å². The molecule has 0 heterocycles. The topological polar surface area (TPSA) is 63.6 Å². The third kappa shape index (κ3) is 2.61. The Morgan fingerprint density at radius 2 is 1.87 bits per heavy atom. The molecule has 0 aliphatic heterocycles. The van der Waals surface area contributed by atoms with Crippen LogP contribution in [0.2, 0.25) is 0 Å². The highest BCUT2D eigenvalue weighted by Gasteiger charge is 2.55. The number of phenols is 1. The highest BCUT2D eigenvalue weighted by atomic mass is 16.5. The van der Waals surface area contributed by atoms with E-state index in [9.17, 15) is 14.7 Å². The van der Waals surface area contributed by atoms with Crippen molar-refractivity contribution in [1.29, 1.82) is 0 Å². The summed E-state index contributed by atoms with van der Waals surface area (Å²) in [6, 6.07) is 14.1. The summed E-state index contributed by atoms with van der Waals surface area (Å²) in [4.78, 5) is 24.4. The second-order valence-corrected chi connectivity index (χ2v) is 6.13. The van der Waals surface area contributed by atoms with Gasteiger partial charge in [-0.2, -0.15) is 0 Å². The van der Waals surface area contributed by atoms with Crippen LogP contribution < -0.4 is 0 Å². The molecule has 1 fully saturated rings. The number of ketones is 1. The van der Waals surface area contributed by atoms with E-state index in [1.807, 2.05) is 37.3 Å². The molecule has 0 aromatic heterocycles. The van der Waals surface area contributed by atoms with E-state index in [2.05, 4.69) is 4.74 Å². The predicted octanol–water partition coefficient (Wildman–Crippen LogP) is 3.34. The van der Waals surface area contributed by atoms with Crippen LogP contribution in [0.3, 0.4) is 0 Å². The van der Waals surface area contributed by atoms with Gasteiger partial charge in [-0.3, -0.25) is 4.79 Å². The molecule has 1 saturated carbocycles. The maximum atomic E-state index is 12.8. The maximum absolute atomic E-state index is 12.8.